The van der Waals surface area contributed by atoms with E-state index in [1.165, 1.54) is 0 Å². The van der Waals surface area contributed by atoms with Crippen LogP contribution in [0.2, 0.25) is 5.02 Å². The van der Waals surface area contributed by atoms with Crippen LogP contribution in [-0.2, 0) is 7.05 Å². The third-order valence-electron chi connectivity index (χ3n) is 1.97. The Morgan fingerprint density at radius 2 is 2.31 bits per heavy atom. The monoisotopic (exact) mass is 233 g/mol. The Bertz CT molecular complexity index is 557. The molecule has 80 valence electrons. The van der Waals surface area contributed by atoms with Crippen molar-refractivity contribution in [2.24, 2.45) is 7.05 Å². The van der Waals surface area contributed by atoms with Gasteiger partial charge in [-0.05, 0) is 12.1 Å². The van der Waals surface area contributed by atoms with E-state index in [0.717, 1.165) is 0 Å². The van der Waals surface area contributed by atoms with Crippen LogP contribution in [0.1, 0.15) is 5.56 Å². The Balaban J connectivity index is 2.34. The molecule has 1 heterocycles. The summed E-state index contributed by atoms with van der Waals surface area (Å²) in [6, 6.07) is 6.91. The van der Waals surface area contributed by atoms with Gasteiger partial charge < -0.3 is 4.74 Å². The number of halogens is 1. The first-order valence-corrected chi connectivity index (χ1v) is 4.93. The van der Waals surface area contributed by atoms with Gasteiger partial charge in [-0.15, -0.1) is 0 Å². The van der Waals surface area contributed by atoms with Gasteiger partial charge in [0.2, 0.25) is 0 Å². The predicted molar refractivity (Wildman–Crippen MR) is 59.4 cm³/mol. The lowest BCUT2D eigenvalue weighted by Gasteiger charge is -2.04. The van der Waals surface area contributed by atoms with Crippen LogP contribution in [0.4, 0.5) is 0 Å². The number of hydrogen-bond donors (Lipinski definition) is 0. The van der Waals surface area contributed by atoms with Crippen molar-refractivity contribution in [1.82, 2.24) is 9.78 Å². The van der Waals surface area contributed by atoms with Gasteiger partial charge >= 0.3 is 0 Å². The van der Waals surface area contributed by atoms with Crippen molar-refractivity contribution in [3.63, 3.8) is 0 Å². The molecule has 1 aromatic carbocycles. The van der Waals surface area contributed by atoms with Crippen LogP contribution in [0.5, 0.6) is 11.5 Å². The summed E-state index contributed by atoms with van der Waals surface area (Å²) in [7, 11) is 1.79. The first-order chi connectivity index (χ1) is 7.69. The van der Waals surface area contributed by atoms with E-state index in [1.54, 1.807) is 42.3 Å². The second-order valence-corrected chi connectivity index (χ2v) is 3.64. The zero-order valence-electron chi connectivity index (χ0n) is 8.51. The molecule has 0 bridgehead atoms. The number of nitrogens with zero attached hydrogens (tertiary/aromatic N) is 3. The van der Waals surface area contributed by atoms with Gasteiger partial charge in [0.1, 0.15) is 11.8 Å². The largest absolute Gasteiger partial charge is 0.453 e. The fourth-order valence-electron chi connectivity index (χ4n) is 1.25. The molecule has 0 atom stereocenters. The molecule has 4 nitrogen and oxygen atoms in total. The summed E-state index contributed by atoms with van der Waals surface area (Å²) in [5.74, 6) is 1.00. The molecule has 0 fully saturated rings. The third-order valence-corrected chi connectivity index (χ3v) is 2.21. The van der Waals surface area contributed by atoms with E-state index in [0.29, 0.717) is 22.1 Å². The highest BCUT2D eigenvalue weighted by Gasteiger charge is 2.06. The molecule has 2 rings (SSSR count). The van der Waals surface area contributed by atoms with E-state index in [9.17, 15) is 0 Å². The highest BCUT2D eigenvalue weighted by molar-refractivity contribution is 6.30. The number of benzene rings is 1. The van der Waals surface area contributed by atoms with Crippen LogP contribution in [0, 0.1) is 11.3 Å². The fraction of sp³-hybridized carbons (Fsp3) is 0.0909. The van der Waals surface area contributed by atoms with Gasteiger partial charge in [0.15, 0.2) is 5.75 Å². The topological polar surface area (TPSA) is 50.8 Å². The van der Waals surface area contributed by atoms with Gasteiger partial charge in [0, 0.05) is 18.1 Å². The Morgan fingerprint density at radius 1 is 1.50 bits per heavy atom. The van der Waals surface area contributed by atoms with Crippen LogP contribution < -0.4 is 4.74 Å². The van der Waals surface area contributed by atoms with Crippen molar-refractivity contribution in [3.8, 4) is 17.6 Å². The molecule has 0 radical (unpaired) electrons. The quantitative estimate of drug-likeness (QED) is 0.801. The molecule has 0 saturated carbocycles. The van der Waals surface area contributed by atoms with E-state index in [2.05, 4.69) is 5.10 Å². The first kappa shape index (κ1) is 10.5. The standard InChI is InChI=1S/C11H8ClN3O/c1-15-7-10(6-14-15)16-11-4-9(12)3-2-8(11)5-13/h2-4,6-7H,1H3. The molecular formula is C11H8ClN3O. The van der Waals surface area contributed by atoms with Crippen molar-refractivity contribution in [1.29, 1.82) is 5.26 Å². The van der Waals surface area contributed by atoms with E-state index in [1.807, 2.05) is 6.07 Å². The molecule has 16 heavy (non-hydrogen) atoms. The maximum atomic E-state index is 8.90. The van der Waals surface area contributed by atoms with Crippen molar-refractivity contribution >= 4 is 11.6 Å². The molecule has 2 aromatic rings. The maximum Gasteiger partial charge on any atom is 0.165 e. The number of aryl methyl sites for hydroxylation is 1. The van der Waals surface area contributed by atoms with Gasteiger partial charge in [0.05, 0.1) is 18.0 Å². The predicted octanol–water partition coefficient (Wildman–Crippen LogP) is 2.74. The summed E-state index contributed by atoms with van der Waals surface area (Å²) in [6.45, 7) is 0. The fourth-order valence-corrected chi connectivity index (χ4v) is 1.41. The summed E-state index contributed by atoms with van der Waals surface area (Å²) in [5, 5.41) is 13.4. The van der Waals surface area contributed by atoms with Gasteiger partial charge in [-0.2, -0.15) is 10.4 Å². The molecule has 0 aliphatic heterocycles. The van der Waals surface area contributed by atoms with E-state index in [4.69, 9.17) is 21.6 Å². The van der Waals surface area contributed by atoms with E-state index in [-0.39, 0.29) is 0 Å². The van der Waals surface area contributed by atoms with Crippen LogP contribution >= 0.6 is 11.6 Å². The molecule has 0 unspecified atom stereocenters. The zero-order chi connectivity index (χ0) is 11.5. The number of aromatic nitrogens is 2. The van der Waals surface area contributed by atoms with Gasteiger partial charge in [-0.1, -0.05) is 11.6 Å². The minimum atomic E-state index is 0.433. The first-order valence-electron chi connectivity index (χ1n) is 4.55. The lowest BCUT2D eigenvalue weighted by Crippen LogP contribution is -1.87. The summed E-state index contributed by atoms with van der Waals surface area (Å²) >= 11 is 5.83. The Kier molecular flexibility index (Phi) is 2.80. The molecule has 0 spiro atoms. The summed E-state index contributed by atoms with van der Waals surface area (Å²) < 4.78 is 7.13. The van der Waals surface area contributed by atoms with Crippen molar-refractivity contribution < 1.29 is 4.74 Å². The maximum absolute atomic E-state index is 8.90. The molecule has 0 N–H and O–H groups in total. The normalized spacial score (nSPS) is 9.81. The number of nitriles is 1. The molecule has 1 aromatic heterocycles. The molecule has 5 heteroatoms. The molecule has 0 amide bonds. The number of hydrogen-bond acceptors (Lipinski definition) is 3. The van der Waals surface area contributed by atoms with Gasteiger partial charge in [0.25, 0.3) is 0 Å². The third kappa shape index (κ3) is 2.15. The highest BCUT2D eigenvalue weighted by Crippen LogP contribution is 2.27. The van der Waals surface area contributed by atoms with Gasteiger partial charge in [-0.3, -0.25) is 4.68 Å². The molecule has 0 aliphatic rings. The van der Waals surface area contributed by atoms with E-state index >= 15 is 0 Å². The molecular weight excluding hydrogens is 226 g/mol. The Morgan fingerprint density at radius 3 is 2.94 bits per heavy atom. The van der Waals surface area contributed by atoms with Crippen LogP contribution in [0.25, 0.3) is 0 Å². The van der Waals surface area contributed by atoms with Crippen molar-refractivity contribution in [2.45, 2.75) is 0 Å². The van der Waals surface area contributed by atoms with Crippen LogP contribution in [-0.4, -0.2) is 9.78 Å². The summed E-state index contributed by atoms with van der Waals surface area (Å²) in [4.78, 5) is 0. The average molecular weight is 234 g/mol. The van der Waals surface area contributed by atoms with Crippen molar-refractivity contribution in [3.05, 3.63) is 41.2 Å². The van der Waals surface area contributed by atoms with E-state index < -0.39 is 0 Å². The minimum Gasteiger partial charge on any atom is -0.453 e. The molecule has 0 aliphatic carbocycles. The summed E-state index contributed by atoms with van der Waals surface area (Å²) in [6.07, 6.45) is 3.28. The average Bonchev–Trinajstić information content (AvgIpc) is 2.64. The smallest absolute Gasteiger partial charge is 0.165 e. The minimum absolute atomic E-state index is 0.433. The van der Waals surface area contributed by atoms with Crippen LogP contribution in [0.15, 0.2) is 30.6 Å². The lowest BCUT2D eigenvalue weighted by atomic mass is 10.2. The lowest BCUT2D eigenvalue weighted by molar-refractivity contribution is 0.480. The van der Waals surface area contributed by atoms with Gasteiger partial charge in [-0.25, -0.2) is 0 Å². The number of rotatable bonds is 2. The Labute approximate surface area is 97.6 Å². The second-order valence-electron chi connectivity index (χ2n) is 3.20. The van der Waals surface area contributed by atoms with Crippen LogP contribution in [0.3, 0.4) is 0 Å². The SMILES string of the molecule is Cn1cc(Oc2cc(Cl)ccc2C#N)cn1. The zero-order valence-corrected chi connectivity index (χ0v) is 9.27. The van der Waals surface area contributed by atoms with Crippen molar-refractivity contribution in [2.75, 3.05) is 0 Å². The molecule has 0 saturated heterocycles. The Hall–Kier alpha value is -1.99. The number of ether oxygens (including phenoxy) is 1. The summed E-state index contributed by atoms with van der Waals surface area (Å²) in [5.41, 5.74) is 0.438. The highest BCUT2D eigenvalue weighted by atomic mass is 35.5. The second kappa shape index (κ2) is 4.25.